The molecule has 0 saturated heterocycles. The summed E-state index contributed by atoms with van der Waals surface area (Å²) in [4.78, 5) is 25.6. The van der Waals surface area contributed by atoms with Crippen LogP contribution in [-0.2, 0) is 0 Å². The van der Waals surface area contributed by atoms with E-state index in [1.165, 1.54) is 14.2 Å². The summed E-state index contributed by atoms with van der Waals surface area (Å²) >= 11 is 0. The van der Waals surface area contributed by atoms with E-state index in [4.69, 9.17) is 23.7 Å². The molecular weight excluding hydrogens is 448 g/mol. The Morgan fingerprint density at radius 3 is 2.63 bits per heavy atom. The van der Waals surface area contributed by atoms with Crippen LogP contribution in [0.5, 0.6) is 28.7 Å². The molecule has 0 aromatic heterocycles. The Morgan fingerprint density at radius 1 is 0.971 bits per heavy atom. The molecule has 0 spiro atoms. The van der Waals surface area contributed by atoms with Crippen molar-refractivity contribution in [3.8, 4) is 28.7 Å². The summed E-state index contributed by atoms with van der Waals surface area (Å²) in [6, 6.07) is 17.5. The molecule has 3 aromatic rings. The molecule has 0 unspecified atom stereocenters. The quantitative estimate of drug-likeness (QED) is 0.359. The van der Waals surface area contributed by atoms with Crippen molar-refractivity contribution in [2.75, 3.05) is 27.4 Å². The summed E-state index contributed by atoms with van der Waals surface area (Å²) in [6.07, 6.45) is 3.66. The summed E-state index contributed by atoms with van der Waals surface area (Å²) in [5, 5.41) is 0. The number of ether oxygens (including phenoxy) is 5. The van der Waals surface area contributed by atoms with E-state index in [1.54, 1.807) is 42.5 Å². The van der Waals surface area contributed by atoms with E-state index in [-0.39, 0.29) is 23.9 Å². The molecule has 0 atom stereocenters. The Balaban J connectivity index is 1.30. The van der Waals surface area contributed by atoms with Gasteiger partial charge in [0.25, 0.3) is 0 Å². The lowest BCUT2D eigenvalue weighted by molar-refractivity contribution is 0.0917. The smallest absolute Gasteiger partial charge is 0.231 e. The Kier molecular flexibility index (Phi) is 5.97. The van der Waals surface area contributed by atoms with E-state index in [0.717, 1.165) is 16.9 Å². The molecule has 0 amide bonds. The maximum Gasteiger partial charge on any atom is 0.231 e. The number of methoxy groups -OCH3 is 2. The predicted molar refractivity (Wildman–Crippen MR) is 129 cm³/mol. The van der Waals surface area contributed by atoms with E-state index in [2.05, 4.69) is 0 Å². The standard InChI is InChI=1S/C28H22O7/c1-31-19-8-10-25(32-2)22(13-19)23(29)16-33-20-7-9-21-26(14-20)35-27(28(21)30)12-17-11-18-5-3-4-6-24(18)34-15-17/h3-14H,15-16H2,1-2H3/b27-12-. The molecule has 0 saturated carbocycles. The second-order valence-electron chi connectivity index (χ2n) is 7.92. The number of Topliss-reactive ketones (excluding diaryl/α,β-unsaturated/α-hetero) is 2. The average Bonchev–Trinajstić information content (AvgIpc) is 3.20. The van der Waals surface area contributed by atoms with E-state index in [1.807, 2.05) is 30.3 Å². The van der Waals surface area contributed by atoms with Gasteiger partial charge in [0.2, 0.25) is 11.6 Å². The van der Waals surface area contributed by atoms with Gasteiger partial charge in [-0.3, -0.25) is 9.59 Å². The number of para-hydroxylation sites is 1. The van der Waals surface area contributed by atoms with Gasteiger partial charge in [0, 0.05) is 11.6 Å². The van der Waals surface area contributed by atoms with Crippen LogP contribution in [0.25, 0.3) is 6.08 Å². The molecule has 3 aromatic carbocycles. The Bertz CT molecular complexity index is 1380. The van der Waals surface area contributed by atoms with Crippen LogP contribution in [0.15, 0.2) is 78.1 Å². The van der Waals surface area contributed by atoms with Crippen molar-refractivity contribution >= 4 is 17.6 Å². The van der Waals surface area contributed by atoms with Crippen molar-refractivity contribution < 1.29 is 33.3 Å². The van der Waals surface area contributed by atoms with Crippen LogP contribution in [0.2, 0.25) is 0 Å². The van der Waals surface area contributed by atoms with Crippen molar-refractivity contribution in [2.45, 2.75) is 0 Å². The number of carbonyl (C=O) groups excluding carboxylic acids is 2. The Labute approximate surface area is 202 Å². The lowest BCUT2D eigenvalue weighted by atomic mass is 10.1. The summed E-state index contributed by atoms with van der Waals surface area (Å²) in [5.41, 5.74) is 2.56. The van der Waals surface area contributed by atoms with Crippen LogP contribution >= 0.6 is 0 Å². The lowest BCUT2D eigenvalue weighted by Crippen LogP contribution is -2.13. The molecule has 2 aliphatic rings. The highest BCUT2D eigenvalue weighted by Crippen LogP contribution is 2.35. The summed E-state index contributed by atoms with van der Waals surface area (Å²) < 4.78 is 27.7. The van der Waals surface area contributed by atoms with Gasteiger partial charge in [0.05, 0.1) is 25.3 Å². The molecule has 176 valence electrons. The normalized spacial score (nSPS) is 14.9. The minimum atomic E-state index is -0.275. The lowest BCUT2D eigenvalue weighted by Gasteiger charge is -2.15. The number of allylic oxidation sites excluding steroid dienone is 1. The first-order valence-corrected chi connectivity index (χ1v) is 10.9. The summed E-state index contributed by atoms with van der Waals surface area (Å²) in [5.74, 6) is 2.28. The van der Waals surface area contributed by atoms with Crippen LogP contribution in [0, 0.1) is 0 Å². The highest BCUT2D eigenvalue weighted by atomic mass is 16.5. The van der Waals surface area contributed by atoms with Gasteiger partial charge in [0.15, 0.2) is 12.4 Å². The third-order valence-electron chi connectivity index (χ3n) is 5.69. The molecule has 2 heterocycles. The SMILES string of the molecule is COc1ccc(OC)c(C(=O)COc2ccc3c(c2)O/C(=C\C2=Cc4ccccc4OC2)C3=O)c1. The molecule has 7 heteroatoms. The van der Waals surface area contributed by atoms with Crippen LogP contribution in [0.4, 0.5) is 0 Å². The van der Waals surface area contributed by atoms with E-state index < -0.39 is 0 Å². The van der Waals surface area contributed by atoms with Gasteiger partial charge in [-0.05, 0) is 54.1 Å². The predicted octanol–water partition coefficient (Wildman–Crippen LogP) is 4.90. The number of benzene rings is 3. The molecule has 0 radical (unpaired) electrons. The highest BCUT2D eigenvalue weighted by molar-refractivity contribution is 6.12. The number of rotatable bonds is 7. The molecule has 7 nitrogen and oxygen atoms in total. The third kappa shape index (κ3) is 4.48. The monoisotopic (exact) mass is 470 g/mol. The largest absolute Gasteiger partial charge is 0.497 e. The van der Waals surface area contributed by atoms with Crippen molar-refractivity contribution in [1.82, 2.24) is 0 Å². The molecule has 0 fully saturated rings. The van der Waals surface area contributed by atoms with Gasteiger partial charge in [-0.25, -0.2) is 0 Å². The number of fused-ring (bicyclic) bond motifs is 2. The van der Waals surface area contributed by atoms with Crippen molar-refractivity contribution in [3.05, 3.63) is 94.8 Å². The van der Waals surface area contributed by atoms with E-state index in [0.29, 0.717) is 40.7 Å². The molecule has 2 aliphatic heterocycles. The fourth-order valence-corrected chi connectivity index (χ4v) is 3.90. The number of carbonyl (C=O) groups is 2. The molecule has 0 bridgehead atoms. The van der Waals surface area contributed by atoms with Gasteiger partial charge in [-0.15, -0.1) is 0 Å². The summed E-state index contributed by atoms with van der Waals surface area (Å²) in [6.45, 7) is 0.125. The van der Waals surface area contributed by atoms with Gasteiger partial charge >= 0.3 is 0 Å². The van der Waals surface area contributed by atoms with Crippen molar-refractivity contribution in [2.24, 2.45) is 0 Å². The number of hydrogen-bond donors (Lipinski definition) is 0. The molecule has 0 N–H and O–H groups in total. The molecule has 0 aliphatic carbocycles. The fraction of sp³-hybridized carbons (Fsp3) is 0.143. The minimum absolute atomic E-state index is 0.212. The van der Waals surface area contributed by atoms with Gasteiger partial charge in [0.1, 0.15) is 35.4 Å². The van der Waals surface area contributed by atoms with Crippen molar-refractivity contribution in [1.29, 1.82) is 0 Å². The van der Waals surface area contributed by atoms with Gasteiger partial charge in [-0.2, -0.15) is 0 Å². The maximum absolute atomic E-state index is 12.8. The first-order valence-electron chi connectivity index (χ1n) is 10.9. The van der Waals surface area contributed by atoms with Crippen LogP contribution < -0.4 is 23.7 Å². The second-order valence-corrected chi connectivity index (χ2v) is 7.92. The topological polar surface area (TPSA) is 80.3 Å². The molecular formula is C28H22O7. The van der Waals surface area contributed by atoms with E-state index in [9.17, 15) is 9.59 Å². The highest BCUT2D eigenvalue weighted by Gasteiger charge is 2.28. The molecule has 35 heavy (non-hydrogen) atoms. The zero-order valence-electron chi connectivity index (χ0n) is 19.2. The maximum atomic E-state index is 12.8. The van der Waals surface area contributed by atoms with Crippen LogP contribution in [0.3, 0.4) is 0 Å². The zero-order valence-corrected chi connectivity index (χ0v) is 19.2. The zero-order chi connectivity index (χ0) is 24.4. The van der Waals surface area contributed by atoms with Crippen LogP contribution in [-0.4, -0.2) is 39.0 Å². The van der Waals surface area contributed by atoms with Crippen molar-refractivity contribution in [3.63, 3.8) is 0 Å². The van der Waals surface area contributed by atoms with Crippen LogP contribution in [0.1, 0.15) is 26.3 Å². The second kappa shape index (κ2) is 9.38. The van der Waals surface area contributed by atoms with Gasteiger partial charge < -0.3 is 23.7 Å². The first kappa shape index (κ1) is 22.3. The number of ketones is 2. The van der Waals surface area contributed by atoms with Gasteiger partial charge in [-0.1, -0.05) is 18.2 Å². The number of hydrogen-bond acceptors (Lipinski definition) is 7. The fourth-order valence-electron chi connectivity index (χ4n) is 3.90. The Hall–Kier alpha value is -4.52. The Morgan fingerprint density at radius 2 is 1.80 bits per heavy atom. The summed E-state index contributed by atoms with van der Waals surface area (Å²) in [7, 11) is 3.02. The third-order valence-corrected chi connectivity index (χ3v) is 5.69. The van der Waals surface area contributed by atoms with E-state index >= 15 is 0 Å². The first-order chi connectivity index (χ1) is 17.1. The average molecular weight is 470 g/mol. The minimum Gasteiger partial charge on any atom is -0.497 e. The molecule has 5 rings (SSSR count).